The number of hydrogen-bond acceptors (Lipinski definition) is 6. The van der Waals surface area contributed by atoms with E-state index in [-0.39, 0.29) is 30.6 Å². The summed E-state index contributed by atoms with van der Waals surface area (Å²) in [6.07, 6.45) is 3.97. The number of aromatic amines is 1. The maximum atomic E-state index is 13.1. The number of aliphatic carboxylic acids is 1. The van der Waals surface area contributed by atoms with Gasteiger partial charge in [0.25, 0.3) is 0 Å². The second-order valence-corrected chi connectivity index (χ2v) is 9.51. The van der Waals surface area contributed by atoms with Crippen molar-refractivity contribution >= 4 is 23.7 Å². The number of nitrogens with zero attached hydrogens (tertiary/aromatic N) is 1. The van der Waals surface area contributed by atoms with Crippen molar-refractivity contribution in [3.63, 3.8) is 0 Å². The number of carbonyl (C=O) groups excluding carboxylic acids is 3. The van der Waals surface area contributed by atoms with Crippen LogP contribution in [0, 0.1) is 17.8 Å². The van der Waals surface area contributed by atoms with Gasteiger partial charge in [0, 0.05) is 18.3 Å². The molecule has 0 saturated heterocycles. The van der Waals surface area contributed by atoms with Crippen molar-refractivity contribution in [1.82, 2.24) is 25.9 Å². The topological polar surface area (TPSA) is 179 Å². The Balaban J connectivity index is 3.05. The molecule has 0 aromatic carbocycles. The molecule has 5 unspecified atom stereocenters. The summed E-state index contributed by atoms with van der Waals surface area (Å²) in [5.41, 5.74) is 6.59. The molecule has 0 aliphatic heterocycles. The van der Waals surface area contributed by atoms with Gasteiger partial charge >= 0.3 is 5.97 Å². The van der Waals surface area contributed by atoms with Crippen molar-refractivity contribution in [3.8, 4) is 0 Å². The van der Waals surface area contributed by atoms with Crippen LogP contribution in [0.25, 0.3) is 0 Å². The van der Waals surface area contributed by atoms with E-state index in [2.05, 4.69) is 25.9 Å². The van der Waals surface area contributed by atoms with Crippen LogP contribution in [-0.2, 0) is 25.6 Å². The summed E-state index contributed by atoms with van der Waals surface area (Å²) in [6.45, 7) is 11.0. The van der Waals surface area contributed by atoms with Crippen LogP contribution >= 0.6 is 0 Å². The summed E-state index contributed by atoms with van der Waals surface area (Å²) in [4.78, 5) is 57.2. The van der Waals surface area contributed by atoms with E-state index >= 15 is 0 Å². The zero-order valence-corrected chi connectivity index (χ0v) is 20.9. The lowest BCUT2D eigenvalue weighted by Gasteiger charge is -2.28. The van der Waals surface area contributed by atoms with Crippen LogP contribution in [0.2, 0.25) is 0 Å². The van der Waals surface area contributed by atoms with Crippen molar-refractivity contribution < 1.29 is 24.3 Å². The minimum atomic E-state index is -1.15. The molecule has 0 fully saturated rings. The molecule has 1 heterocycles. The monoisotopic (exact) mass is 480 g/mol. The second-order valence-electron chi connectivity index (χ2n) is 9.51. The molecule has 1 aromatic rings. The van der Waals surface area contributed by atoms with E-state index in [1.54, 1.807) is 13.8 Å². The number of carbonyl (C=O) groups is 4. The average Bonchev–Trinajstić information content (AvgIpc) is 3.27. The van der Waals surface area contributed by atoms with E-state index < -0.39 is 47.9 Å². The second kappa shape index (κ2) is 13.7. The number of nitrogens with two attached hydrogens (primary N) is 1. The summed E-state index contributed by atoms with van der Waals surface area (Å²) in [6, 6.07) is -3.87. The Morgan fingerprint density at radius 2 is 1.62 bits per heavy atom. The van der Waals surface area contributed by atoms with Crippen LogP contribution in [0.1, 0.15) is 60.1 Å². The van der Waals surface area contributed by atoms with Crippen LogP contribution in [0.4, 0.5) is 0 Å². The molecule has 11 heteroatoms. The molecule has 0 aliphatic carbocycles. The number of carboxylic acids is 1. The van der Waals surface area contributed by atoms with E-state index in [9.17, 15) is 24.3 Å². The van der Waals surface area contributed by atoms with Crippen LogP contribution in [-0.4, -0.2) is 62.9 Å². The number of amides is 3. The summed E-state index contributed by atoms with van der Waals surface area (Å²) in [5.74, 6) is -3.10. The standard InChI is InChI=1S/C23H40N6O5/c1-7-14(6)18(24)21(31)29-19(13(4)5)22(32)27-16(9-15-10-25-11-26-15)20(30)28-17(23(33)34)8-12(2)3/h10-14,16-19H,7-9,24H2,1-6H3,(H,25,26)(H,27,32)(H,28,30)(H,29,31)(H,33,34). The summed E-state index contributed by atoms with van der Waals surface area (Å²) < 4.78 is 0. The molecule has 0 spiro atoms. The van der Waals surface area contributed by atoms with Crippen LogP contribution in [0.15, 0.2) is 12.5 Å². The Labute approximate surface area is 201 Å². The predicted molar refractivity (Wildman–Crippen MR) is 127 cm³/mol. The first-order valence-electron chi connectivity index (χ1n) is 11.7. The number of rotatable bonds is 14. The molecule has 0 aliphatic rings. The fourth-order valence-corrected chi connectivity index (χ4v) is 3.35. The lowest BCUT2D eigenvalue weighted by molar-refractivity contribution is -0.142. The van der Waals surface area contributed by atoms with E-state index in [0.29, 0.717) is 12.1 Å². The van der Waals surface area contributed by atoms with Gasteiger partial charge in [-0.25, -0.2) is 9.78 Å². The lowest BCUT2D eigenvalue weighted by atomic mass is 9.97. The molecule has 0 saturated carbocycles. The Kier molecular flexibility index (Phi) is 11.7. The molecule has 34 heavy (non-hydrogen) atoms. The zero-order chi connectivity index (χ0) is 26.0. The van der Waals surface area contributed by atoms with Crippen molar-refractivity contribution in [1.29, 1.82) is 0 Å². The highest BCUT2D eigenvalue weighted by Crippen LogP contribution is 2.10. The van der Waals surface area contributed by atoms with E-state index in [1.807, 2.05) is 27.7 Å². The van der Waals surface area contributed by atoms with Gasteiger partial charge in [-0.05, 0) is 24.2 Å². The number of hydrogen-bond donors (Lipinski definition) is 6. The van der Waals surface area contributed by atoms with Gasteiger partial charge in [0.15, 0.2) is 0 Å². The molecule has 5 atom stereocenters. The largest absolute Gasteiger partial charge is 0.480 e. The maximum Gasteiger partial charge on any atom is 0.326 e. The molecule has 1 aromatic heterocycles. The van der Waals surface area contributed by atoms with Crippen LogP contribution in [0.5, 0.6) is 0 Å². The molecule has 7 N–H and O–H groups in total. The van der Waals surface area contributed by atoms with Gasteiger partial charge in [0.1, 0.15) is 18.1 Å². The quantitative estimate of drug-likeness (QED) is 0.225. The molecule has 0 radical (unpaired) electrons. The first-order valence-corrected chi connectivity index (χ1v) is 11.7. The van der Waals surface area contributed by atoms with Gasteiger partial charge in [0.2, 0.25) is 17.7 Å². The molecule has 192 valence electrons. The Morgan fingerprint density at radius 3 is 2.09 bits per heavy atom. The molecule has 0 bridgehead atoms. The average molecular weight is 481 g/mol. The first-order chi connectivity index (χ1) is 15.9. The minimum Gasteiger partial charge on any atom is -0.480 e. The molecular formula is C23H40N6O5. The summed E-state index contributed by atoms with van der Waals surface area (Å²) >= 11 is 0. The number of imidazole rings is 1. The van der Waals surface area contributed by atoms with Gasteiger partial charge in [0.05, 0.1) is 12.4 Å². The maximum absolute atomic E-state index is 13.1. The lowest BCUT2D eigenvalue weighted by Crippen LogP contribution is -2.59. The van der Waals surface area contributed by atoms with E-state index in [4.69, 9.17) is 5.73 Å². The Bertz CT molecular complexity index is 811. The summed E-state index contributed by atoms with van der Waals surface area (Å²) in [5, 5.41) is 17.4. The van der Waals surface area contributed by atoms with Gasteiger partial charge in [-0.3, -0.25) is 14.4 Å². The fraction of sp³-hybridized carbons (Fsp3) is 0.696. The van der Waals surface area contributed by atoms with Crippen LogP contribution < -0.4 is 21.7 Å². The molecule has 1 rings (SSSR count). The molecule has 11 nitrogen and oxygen atoms in total. The van der Waals surface area contributed by atoms with Crippen molar-refractivity contribution in [2.75, 3.05) is 0 Å². The minimum absolute atomic E-state index is 0.0392. The predicted octanol–water partition coefficient (Wildman–Crippen LogP) is 0.567. The first kappa shape index (κ1) is 29.1. The Hall–Kier alpha value is -2.95. The highest BCUT2D eigenvalue weighted by Gasteiger charge is 2.32. The third-order valence-electron chi connectivity index (χ3n) is 5.74. The van der Waals surface area contributed by atoms with E-state index in [0.717, 1.165) is 0 Å². The highest BCUT2D eigenvalue weighted by atomic mass is 16.4. The zero-order valence-electron chi connectivity index (χ0n) is 20.9. The van der Waals surface area contributed by atoms with E-state index in [1.165, 1.54) is 12.5 Å². The molecule has 3 amide bonds. The normalized spacial score (nSPS) is 15.8. The number of H-pyrrole nitrogens is 1. The van der Waals surface area contributed by atoms with Gasteiger partial charge in [-0.2, -0.15) is 0 Å². The summed E-state index contributed by atoms with van der Waals surface area (Å²) in [7, 11) is 0. The van der Waals surface area contributed by atoms with Gasteiger partial charge in [-0.1, -0.05) is 48.0 Å². The highest BCUT2D eigenvalue weighted by molar-refractivity contribution is 5.94. The number of aromatic nitrogens is 2. The van der Waals surface area contributed by atoms with Crippen molar-refractivity contribution in [2.24, 2.45) is 23.5 Å². The number of carboxylic acid groups (broad SMARTS) is 1. The third kappa shape index (κ3) is 9.12. The van der Waals surface area contributed by atoms with Gasteiger partial charge in [-0.15, -0.1) is 0 Å². The fourth-order valence-electron chi connectivity index (χ4n) is 3.35. The van der Waals surface area contributed by atoms with Crippen LogP contribution in [0.3, 0.4) is 0 Å². The Morgan fingerprint density at radius 1 is 1.00 bits per heavy atom. The van der Waals surface area contributed by atoms with Crippen molar-refractivity contribution in [2.45, 2.75) is 85.0 Å². The molecular weight excluding hydrogens is 440 g/mol. The SMILES string of the molecule is CCC(C)C(N)C(=O)NC(C(=O)NC(Cc1cnc[nH]1)C(=O)NC(CC(C)C)C(=O)O)C(C)C. The third-order valence-corrected chi connectivity index (χ3v) is 5.74. The smallest absolute Gasteiger partial charge is 0.326 e. The van der Waals surface area contributed by atoms with Crippen molar-refractivity contribution in [3.05, 3.63) is 18.2 Å². The number of nitrogens with one attached hydrogen (secondary N) is 4. The van der Waals surface area contributed by atoms with Gasteiger partial charge < -0.3 is 31.8 Å².